The molecule has 1 unspecified atom stereocenters. The lowest BCUT2D eigenvalue weighted by atomic mass is 9.89. The van der Waals surface area contributed by atoms with Crippen LogP contribution in [-0.2, 0) is 14.8 Å². The van der Waals surface area contributed by atoms with E-state index in [0.29, 0.717) is 21.9 Å². The Bertz CT molecular complexity index is 678. The molecule has 1 atom stereocenters. The summed E-state index contributed by atoms with van der Waals surface area (Å²) < 4.78 is 28.1. The maximum atomic E-state index is 12.7. The first-order chi connectivity index (χ1) is 9.70. The molecule has 1 saturated heterocycles. The van der Waals surface area contributed by atoms with Crippen molar-refractivity contribution in [3.8, 4) is 0 Å². The molecule has 1 aliphatic heterocycles. The summed E-state index contributed by atoms with van der Waals surface area (Å²) in [6, 6.07) is 5.02. The minimum absolute atomic E-state index is 0.131. The Morgan fingerprint density at radius 1 is 1.38 bits per heavy atom. The largest absolute Gasteiger partial charge is 0.359 e. The molecular formula is C13H16Br2N2O3S. The number of nitrogens with zero attached hydrogens (tertiary/aromatic N) is 1. The second kappa shape index (κ2) is 5.98. The first kappa shape index (κ1) is 16.9. The van der Waals surface area contributed by atoms with Crippen LogP contribution in [0.5, 0.6) is 0 Å². The molecule has 1 aliphatic rings. The first-order valence-electron chi connectivity index (χ1n) is 6.38. The molecule has 8 heteroatoms. The van der Waals surface area contributed by atoms with Crippen molar-refractivity contribution in [2.75, 3.05) is 20.1 Å². The fraction of sp³-hybridized carbons (Fsp3) is 0.462. The van der Waals surface area contributed by atoms with Gasteiger partial charge < -0.3 is 5.32 Å². The monoisotopic (exact) mass is 438 g/mol. The molecule has 0 saturated carbocycles. The van der Waals surface area contributed by atoms with Gasteiger partial charge >= 0.3 is 0 Å². The average Bonchev–Trinajstić information content (AvgIpc) is 2.85. The SMILES string of the molecule is CNC(=O)C1(C)CCN(S(=O)(=O)c2cc(Br)ccc2Br)C1. The zero-order valence-electron chi connectivity index (χ0n) is 11.7. The van der Waals surface area contributed by atoms with Crippen LogP contribution < -0.4 is 5.32 Å². The van der Waals surface area contributed by atoms with Gasteiger partial charge in [-0.2, -0.15) is 4.31 Å². The smallest absolute Gasteiger partial charge is 0.244 e. The van der Waals surface area contributed by atoms with Crippen molar-refractivity contribution in [3.05, 3.63) is 27.1 Å². The number of rotatable bonds is 3. The third-order valence-electron chi connectivity index (χ3n) is 3.72. The van der Waals surface area contributed by atoms with E-state index in [1.54, 1.807) is 32.2 Å². The van der Waals surface area contributed by atoms with E-state index in [4.69, 9.17) is 0 Å². The van der Waals surface area contributed by atoms with Crippen LogP contribution in [0.1, 0.15) is 13.3 Å². The zero-order chi connectivity index (χ0) is 15.8. The van der Waals surface area contributed by atoms with E-state index in [1.807, 2.05) is 0 Å². The van der Waals surface area contributed by atoms with Crippen molar-refractivity contribution >= 4 is 47.8 Å². The Hall–Kier alpha value is -0.440. The minimum atomic E-state index is -3.63. The van der Waals surface area contributed by atoms with Gasteiger partial charge in [0.1, 0.15) is 0 Å². The molecule has 21 heavy (non-hydrogen) atoms. The minimum Gasteiger partial charge on any atom is -0.359 e. The van der Waals surface area contributed by atoms with Gasteiger partial charge in [-0.3, -0.25) is 4.79 Å². The lowest BCUT2D eigenvalue weighted by Crippen LogP contribution is -2.40. The third kappa shape index (κ3) is 3.18. The van der Waals surface area contributed by atoms with E-state index in [1.165, 1.54) is 4.31 Å². The molecule has 1 fully saturated rings. The van der Waals surface area contributed by atoms with Crippen LogP contribution in [0.3, 0.4) is 0 Å². The van der Waals surface area contributed by atoms with E-state index in [0.717, 1.165) is 0 Å². The summed E-state index contributed by atoms with van der Waals surface area (Å²) in [7, 11) is -2.06. The predicted molar refractivity (Wildman–Crippen MR) is 87.4 cm³/mol. The molecule has 1 heterocycles. The Kier molecular flexibility index (Phi) is 4.82. The van der Waals surface area contributed by atoms with Crippen LogP contribution in [-0.4, -0.2) is 38.8 Å². The van der Waals surface area contributed by atoms with E-state index in [9.17, 15) is 13.2 Å². The highest BCUT2D eigenvalue weighted by Crippen LogP contribution is 2.36. The van der Waals surface area contributed by atoms with Crippen molar-refractivity contribution in [1.82, 2.24) is 9.62 Å². The fourth-order valence-corrected chi connectivity index (χ4v) is 5.45. The van der Waals surface area contributed by atoms with Gasteiger partial charge in [0.15, 0.2) is 0 Å². The van der Waals surface area contributed by atoms with E-state index in [-0.39, 0.29) is 17.3 Å². The summed E-state index contributed by atoms with van der Waals surface area (Å²) >= 11 is 6.56. The molecule has 0 spiro atoms. The van der Waals surface area contributed by atoms with Crippen LogP contribution in [0.15, 0.2) is 32.0 Å². The summed E-state index contributed by atoms with van der Waals surface area (Å²) in [6.07, 6.45) is 0.511. The normalized spacial score (nSPS) is 23.2. The Balaban J connectivity index is 2.34. The molecule has 0 bridgehead atoms. The van der Waals surface area contributed by atoms with E-state index in [2.05, 4.69) is 37.2 Å². The average molecular weight is 440 g/mol. The standard InChI is InChI=1S/C13H16Br2N2O3S/c1-13(12(18)16-2)5-6-17(8-13)21(19,20)11-7-9(14)3-4-10(11)15/h3-4,7H,5-6,8H2,1-2H3,(H,16,18). The van der Waals surface area contributed by atoms with Crippen LogP contribution in [0.4, 0.5) is 0 Å². The summed E-state index contributed by atoms with van der Waals surface area (Å²) in [5.41, 5.74) is -0.680. The highest BCUT2D eigenvalue weighted by molar-refractivity contribution is 9.11. The van der Waals surface area contributed by atoms with Gasteiger partial charge in [0.25, 0.3) is 0 Å². The second-order valence-electron chi connectivity index (χ2n) is 5.30. The molecule has 1 aromatic rings. The van der Waals surface area contributed by atoms with Crippen LogP contribution >= 0.6 is 31.9 Å². The maximum absolute atomic E-state index is 12.7. The van der Waals surface area contributed by atoms with E-state index >= 15 is 0 Å². The van der Waals surface area contributed by atoms with Gasteiger partial charge in [0.05, 0.1) is 10.3 Å². The van der Waals surface area contributed by atoms with Gasteiger partial charge in [0, 0.05) is 29.1 Å². The summed E-state index contributed by atoms with van der Waals surface area (Å²) in [6.45, 7) is 2.32. The first-order valence-corrected chi connectivity index (χ1v) is 9.41. The second-order valence-corrected chi connectivity index (χ2v) is 8.98. The number of halogens is 2. The quantitative estimate of drug-likeness (QED) is 0.785. The predicted octanol–water partition coefficient (Wildman–Crippen LogP) is 2.36. The summed E-state index contributed by atoms with van der Waals surface area (Å²) in [4.78, 5) is 12.1. The van der Waals surface area contributed by atoms with E-state index < -0.39 is 15.4 Å². The van der Waals surface area contributed by atoms with Crippen LogP contribution in [0, 0.1) is 5.41 Å². The molecule has 116 valence electrons. The van der Waals surface area contributed by atoms with Crippen LogP contribution in [0.25, 0.3) is 0 Å². The van der Waals surface area contributed by atoms with Crippen molar-refractivity contribution in [2.45, 2.75) is 18.2 Å². The van der Waals surface area contributed by atoms with Gasteiger partial charge in [0.2, 0.25) is 15.9 Å². The Morgan fingerprint density at radius 3 is 2.67 bits per heavy atom. The summed E-state index contributed by atoms with van der Waals surface area (Å²) in [5, 5.41) is 2.60. The molecule has 0 aliphatic carbocycles. The van der Waals surface area contributed by atoms with Crippen molar-refractivity contribution < 1.29 is 13.2 Å². The molecular weight excluding hydrogens is 424 g/mol. The molecule has 1 aromatic carbocycles. The Labute approximate surface area is 141 Å². The number of carbonyl (C=O) groups is 1. The van der Waals surface area contributed by atoms with Gasteiger partial charge in [-0.25, -0.2) is 8.42 Å². The lowest BCUT2D eigenvalue weighted by Gasteiger charge is -2.23. The summed E-state index contributed by atoms with van der Waals surface area (Å²) in [5.74, 6) is -0.131. The number of benzene rings is 1. The third-order valence-corrected chi connectivity index (χ3v) is 7.06. The number of amides is 1. The number of hydrogen-bond acceptors (Lipinski definition) is 3. The topological polar surface area (TPSA) is 66.5 Å². The maximum Gasteiger partial charge on any atom is 0.244 e. The van der Waals surface area contributed by atoms with Gasteiger partial charge in [-0.05, 0) is 47.5 Å². The molecule has 0 radical (unpaired) electrons. The molecule has 2 rings (SSSR count). The molecule has 5 nitrogen and oxygen atoms in total. The number of nitrogens with one attached hydrogen (secondary N) is 1. The number of carbonyl (C=O) groups excluding carboxylic acids is 1. The van der Waals surface area contributed by atoms with Gasteiger partial charge in [-0.1, -0.05) is 15.9 Å². The number of hydrogen-bond donors (Lipinski definition) is 1. The van der Waals surface area contributed by atoms with Crippen molar-refractivity contribution in [1.29, 1.82) is 0 Å². The van der Waals surface area contributed by atoms with Crippen molar-refractivity contribution in [2.24, 2.45) is 5.41 Å². The van der Waals surface area contributed by atoms with Gasteiger partial charge in [-0.15, -0.1) is 0 Å². The van der Waals surface area contributed by atoms with Crippen LogP contribution in [0.2, 0.25) is 0 Å². The highest BCUT2D eigenvalue weighted by Gasteiger charge is 2.44. The zero-order valence-corrected chi connectivity index (χ0v) is 15.7. The molecule has 0 aromatic heterocycles. The number of sulfonamides is 1. The van der Waals surface area contributed by atoms with Crippen molar-refractivity contribution in [3.63, 3.8) is 0 Å². The lowest BCUT2D eigenvalue weighted by molar-refractivity contribution is -0.128. The fourth-order valence-electron chi connectivity index (χ4n) is 2.43. The highest BCUT2D eigenvalue weighted by atomic mass is 79.9. The Morgan fingerprint density at radius 2 is 2.05 bits per heavy atom. The molecule has 1 amide bonds. The molecule has 1 N–H and O–H groups in total.